The lowest BCUT2D eigenvalue weighted by molar-refractivity contribution is 0.0531. The minimum atomic E-state index is -0.258. The first-order valence-electron chi connectivity index (χ1n) is 4.64. The quantitative estimate of drug-likeness (QED) is 0.878. The molecule has 88 valence electrons. The summed E-state index contributed by atoms with van der Waals surface area (Å²) >= 11 is 3.08. The summed E-state index contributed by atoms with van der Waals surface area (Å²) in [5.41, 5.74) is 6.58. The number of carbonyl (C=O) groups is 1. The molecule has 6 heteroatoms. The highest BCUT2D eigenvalue weighted by molar-refractivity contribution is 7.28. The van der Waals surface area contributed by atoms with Crippen LogP contribution in [0.15, 0.2) is 11.4 Å². The van der Waals surface area contributed by atoms with E-state index in [9.17, 15) is 4.79 Å². The Morgan fingerprint density at radius 3 is 2.94 bits per heavy atom. The second-order valence-electron chi connectivity index (χ2n) is 2.95. The fourth-order valence-corrected chi connectivity index (χ4v) is 3.71. The molecule has 0 spiro atoms. The summed E-state index contributed by atoms with van der Waals surface area (Å²) < 4.78 is 7.22. The van der Waals surface area contributed by atoms with E-state index in [0.29, 0.717) is 18.0 Å². The van der Waals surface area contributed by atoms with E-state index in [0.717, 1.165) is 15.0 Å². The number of carbonyl (C=O) groups excluding carboxylic acids is 1. The van der Waals surface area contributed by atoms with Gasteiger partial charge in [0.05, 0.1) is 11.3 Å². The van der Waals surface area contributed by atoms with E-state index in [1.165, 1.54) is 11.3 Å². The Kier molecular flexibility index (Phi) is 4.73. The van der Waals surface area contributed by atoms with Crippen LogP contribution in [0.4, 0.5) is 0 Å². The van der Waals surface area contributed by atoms with Gasteiger partial charge in [0.25, 0.3) is 0 Å². The molecule has 0 aromatic carbocycles. The van der Waals surface area contributed by atoms with E-state index in [1.807, 2.05) is 11.4 Å². The van der Waals surface area contributed by atoms with Crippen LogP contribution in [0.2, 0.25) is 0 Å². The summed E-state index contributed by atoms with van der Waals surface area (Å²) in [4.78, 5) is 12.3. The molecule has 0 saturated heterocycles. The number of thiophene rings is 2. The molecule has 2 aromatic heterocycles. The van der Waals surface area contributed by atoms with Crippen LogP contribution >= 0.6 is 35.1 Å². The third-order valence-electron chi connectivity index (χ3n) is 2.05. The number of hydrogen-bond donors (Lipinski definition) is 1. The first-order valence-corrected chi connectivity index (χ1v) is 6.33. The second-order valence-corrected chi connectivity index (χ2v) is 4.92. The summed E-state index contributed by atoms with van der Waals surface area (Å²) in [5.74, 6) is -0.258. The largest absolute Gasteiger partial charge is 0.462 e. The predicted molar refractivity (Wildman–Crippen MR) is 70.8 cm³/mol. The Balaban J connectivity index is 0.00000128. The van der Waals surface area contributed by atoms with Crippen molar-refractivity contribution in [2.75, 3.05) is 6.61 Å². The zero-order chi connectivity index (χ0) is 10.8. The van der Waals surface area contributed by atoms with Gasteiger partial charge in [-0.25, -0.2) is 4.79 Å². The van der Waals surface area contributed by atoms with Crippen molar-refractivity contribution in [1.29, 1.82) is 0 Å². The monoisotopic (exact) mass is 277 g/mol. The Morgan fingerprint density at radius 2 is 2.31 bits per heavy atom. The Morgan fingerprint density at radius 1 is 1.56 bits per heavy atom. The van der Waals surface area contributed by atoms with Crippen molar-refractivity contribution >= 4 is 50.4 Å². The van der Waals surface area contributed by atoms with Crippen LogP contribution in [0.5, 0.6) is 0 Å². The number of ether oxygens (including phenoxy) is 1. The fraction of sp³-hybridized carbons (Fsp3) is 0.300. The fourth-order valence-electron chi connectivity index (χ4n) is 1.42. The van der Waals surface area contributed by atoms with Crippen LogP contribution in [-0.2, 0) is 11.3 Å². The zero-order valence-corrected chi connectivity index (χ0v) is 11.1. The van der Waals surface area contributed by atoms with Gasteiger partial charge in [-0.05, 0) is 18.4 Å². The lowest BCUT2D eigenvalue weighted by atomic mass is 10.2. The van der Waals surface area contributed by atoms with Gasteiger partial charge in [-0.2, -0.15) is 0 Å². The highest BCUT2D eigenvalue weighted by Gasteiger charge is 2.18. The third kappa shape index (κ3) is 2.22. The minimum Gasteiger partial charge on any atom is -0.462 e. The van der Waals surface area contributed by atoms with E-state index in [-0.39, 0.29) is 18.4 Å². The van der Waals surface area contributed by atoms with Crippen LogP contribution in [0, 0.1) is 0 Å². The second kappa shape index (κ2) is 5.63. The maximum Gasteiger partial charge on any atom is 0.348 e. The van der Waals surface area contributed by atoms with Gasteiger partial charge in [0, 0.05) is 16.8 Å². The van der Waals surface area contributed by atoms with Gasteiger partial charge >= 0.3 is 5.97 Å². The molecule has 0 unspecified atom stereocenters. The molecule has 16 heavy (non-hydrogen) atoms. The number of esters is 1. The molecule has 2 rings (SSSR count). The molecule has 0 aliphatic carbocycles. The summed E-state index contributed by atoms with van der Waals surface area (Å²) in [6, 6.07) is 2.01. The smallest absolute Gasteiger partial charge is 0.348 e. The van der Waals surface area contributed by atoms with E-state index in [1.54, 1.807) is 18.3 Å². The highest BCUT2D eigenvalue weighted by atomic mass is 35.5. The first kappa shape index (κ1) is 13.4. The van der Waals surface area contributed by atoms with Crippen molar-refractivity contribution in [3.8, 4) is 0 Å². The van der Waals surface area contributed by atoms with Crippen molar-refractivity contribution < 1.29 is 9.53 Å². The van der Waals surface area contributed by atoms with E-state index in [4.69, 9.17) is 10.5 Å². The summed E-state index contributed by atoms with van der Waals surface area (Å²) in [6.07, 6.45) is 0. The van der Waals surface area contributed by atoms with Crippen LogP contribution in [0.1, 0.15) is 22.2 Å². The molecule has 2 aromatic rings. The summed E-state index contributed by atoms with van der Waals surface area (Å²) in [7, 11) is 0. The van der Waals surface area contributed by atoms with Crippen molar-refractivity contribution in [3.05, 3.63) is 21.9 Å². The molecular formula is C10H12ClNO2S2. The molecule has 0 bridgehead atoms. The lowest BCUT2D eigenvalue weighted by Gasteiger charge is -2.00. The molecule has 0 saturated carbocycles. The normalized spacial score (nSPS) is 10.1. The number of halogens is 1. The number of nitrogens with two attached hydrogens (primary N) is 1. The maximum absolute atomic E-state index is 11.6. The van der Waals surface area contributed by atoms with Gasteiger partial charge in [-0.3, -0.25) is 0 Å². The number of rotatable bonds is 3. The van der Waals surface area contributed by atoms with Crippen LogP contribution in [0.25, 0.3) is 9.40 Å². The molecule has 3 nitrogen and oxygen atoms in total. The molecular weight excluding hydrogens is 266 g/mol. The minimum absolute atomic E-state index is 0. The van der Waals surface area contributed by atoms with Gasteiger partial charge in [0.1, 0.15) is 4.88 Å². The molecule has 0 aliphatic heterocycles. The lowest BCUT2D eigenvalue weighted by Crippen LogP contribution is -2.07. The molecule has 0 amide bonds. The van der Waals surface area contributed by atoms with Crippen molar-refractivity contribution in [3.63, 3.8) is 0 Å². The number of fused-ring (bicyclic) bond motifs is 1. The Hall–Kier alpha value is -0.620. The topological polar surface area (TPSA) is 52.3 Å². The van der Waals surface area contributed by atoms with Crippen LogP contribution in [0.3, 0.4) is 0 Å². The van der Waals surface area contributed by atoms with E-state index in [2.05, 4.69) is 0 Å². The average Bonchev–Trinajstić information content (AvgIpc) is 2.76. The van der Waals surface area contributed by atoms with Gasteiger partial charge in [-0.15, -0.1) is 35.1 Å². The summed E-state index contributed by atoms with van der Waals surface area (Å²) in [6.45, 7) is 2.58. The van der Waals surface area contributed by atoms with Crippen LogP contribution in [-0.4, -0.2) is 12.6 Å². The van der Waals surface area contributed by atoms with E-state index >= 15 is 0 Å². The third-order valence-corrected chi connectivity index (χ3v) is 4.33. The molecule has 0 radical (unpaired) electrons. The van der Waals surface area contributed by atoms with E-state index < -0.39 is 0 Å². The number of hydrogen-bond acceptors (Lipinski definition) is 5. The zero-order valence-electron chi connectivity index (χ0n) is 8.69. The van der Waals surface area contributed by atoms with Crippen molar-refractivity contribution in [2.45, 2.75) is 13.5 Å². The van der Waals surface area contributed by atoms with Gasteiger partial charge in [0.2, 0.25) is 0 Å². The molecule has 0 aliphatic rings. The SMILES string of the molecule is CCOC(=O)c1sc2ccsc2c1CN.Cl. The van der Waals surface area contributed by atoms with Gasteiger partial charge < -0.3 is 10.5 Å². The predicted octanol–water partition coefficient (Wildman–Crippen LogP) is 3.02. The Labute approximate surface area is 108 Å². The van der Waals surface area contributed by atoms with Crippen LogP contribution < -0.4 is 5.73 Å². The molecule has 2 N–H and O–H groups in total. The molecule has 2 heterocycles. The summed E-state index contributed by atoms with van der Waals surface area (Å²) in [5, 5.41) is 2.01. The Bertz CT molecular complexity index is 492. The first-order chi connectivity index (χ1) is 7.27. The average molecular weight is 278 g/mol. The van der Waals surface area contributed by atoms with Gasteiger partial charge in [-0.1, -0.05) is 0 Å². The van der Waals surface area contributed by atoms with Crippen molar-refractivity contribution in [2.24, 2.45) is 5.73 Å². The van der Waals surface area contributed by atoms with Gasteiger partial charge in [0.15, 0.2) is 0 Å². The molecule has 0 atom stereocenters. The maximum atomic E-state index is 11.6. The standard InChI is InChI=1S/C10H11NO2S2.ClH/c1-2-13-10(12)9-6(5-11)8-7(15-9)3-4-14-8;/h3-4H,2,5,11H2,1H3;1H. The highest BCUT2D eigenvalue weighted by Crippen LogP contribution is 2.35. The van der Waals surface area contributed by atoms with Crippen molar-refractivity contribution in [1.82, 2.24) is 0 Å². The molecule has 0 fully saturated rings.